The zero-order valence-corrected chi connectivity index (χ0v) is 10.1. The molecule has 1 aromatic heterocycles. The van der Waals surface area contributed by atoms with Gasteiger partial charge in [-0.15, -0.1) is 0 Å². The third-order valence-corrected chi connectivity index (χ3v) is 3.58. The topological polar surface area (TPSA) is 34.1 Å². The Morgan fingerprint density at radius 3 is 2.88 bits per heavy atom. The number of hydrogen-bond acceptors (Lipinski definition) is 3. The molecule has 1 N–H and O–H groups in total. The fraction of sp³-hybridized carbons (Fsp3) is 0.615. The van der Waals surface area contributed by atoms with Crippen molar-refractivity contribution in [2.75, 3.05) is 20.2 Å². The number of nitrogens with zero attached hydrogens (tertiary/aromatic N) is 1. The van der Waals surface area contributed by atoms with Crippen molar-refractivity contribution in [2.24, 2.45) is 5.92 Å². The molecule has 0 aliphatic carbocycles. The van der Waals surface area contributed by atoms with Crippen LogP contribution in [0.4, 0.5) is 0 Å². The van der Waals surface area contributed by atoms with Gasteiger partial charge in [-0.1, -0.05) is 13.0 Å². The predicted octanol–water partition coefficient (Wildman–Crippen LogP) is 2.19. The Morgan fingerprint density at radius 1 is 1.44 bits per heavy atom. The molecule has 0 aromatic carbocycles. The van der Waals surface area contributed by atoms with Crippen molar-refractivity contribution in [3.63, 3.8) is 0 Å². The van der Waals surface area contributed by atoms with Gasteiger partial charge in [-0.2, -0.15) is 0 Å². The van der Waals surface area contributed by atoms with Gasteiger partial charge in [0.1, 0.15) is 0 Å². The average molecular weight is 220 g/mol. The standard InChI is InChI=1S/C13H20N2O/c1-10(11-5-8-14-9-6-11)12-4-3-7-15-13(12)16-2/h3-4,7,10-11,14H,5-6,8-9H2,1-2H3. The highest BCUT2D eigenvalue weighted by molar-refractivity contribution is 5.29. The molecule has 1 atom stereocenters. The molecular formula is C13H20N2O. The third kappa shape index (κ3) is 2.35. The van der Waals surface area contributed by atoms with Gasteiger partial charge < -0.3 is 10.1 Å². The molecule has 0 radical (unpaired) electrons. The quantitative estimate of drug-likeness (QED) is 0.848. The van der Waals surface area contributed by atoms with Gasteiger partial charge in [-0.3, -0.25) is 0 Å². The minimum absolute atomic E-state index is 0.533. The summed E-state index contributed by atoms with van der Waals surface area (Å²) in [6.07, 6.45) is 4.29. The van der Waals surface area contributed by atoms with Gasteiger partial charge in [0.05, 0.1) is 7.11 Å². The van der Waals surface area contributed by atoms with E-state index >= 15 is 0 Å². The molecule has 2 rings (SSSR count). The lowest BCUT2D eigenvalue weighted by Crippen LogP contribution is -2.30. The van der Waals surface area contributed by atoms with Gasteiger partial charge in [-0.05, 0) is 43.8 Å². The van der Waals surface area contributed by atoms with Gasteiger partial charge in [0.2, 0.25) is 5.88 Å². The van der Waals surface area contributed by atoms with E-state index in [0.717, 1.165) is 24.9 Å². The van der Waals surface area contributed by atoms with Gasteiger partial charge in [0.15, 0.2) is 0 Å². The molecule has 2 heterocycles. The van der Waals surface area contributed by atoms with Crippen LogP contribution in [0.2, 0.25) is 0 Å². The van der Waals surface area contributed by atoms with Crippen LogP contribution in [-0.4, -0.2) is 25.2 Å². The summed E-state index contributed by atoms with van der Waals surface area (Å²) in [6.45, 7) is 4.56. The van der Waals surface area contributed by atoms with E-state index in [2.05, 4.69) is 23.3 Å². The lowest BCUT2D eigenvalue weighted by atomic mass is 9.82. The predicted molar refractivity (Wildman–Crippen MR) is 64.8 cm³/mol. The second-order valence-corrected chi connectivity index (χ2v) is 4.48. The van der Waals surface area contributed by atoms with Gasteiger partial charge in [0, 0.05) is 11.8 Å². The molecule has 1 saturated heterocycles. The first kappa shape index (κ1) is 11.4. The van der Waals surface area contributed by atoms with Crippen molar-refractivity contribution < 1.29 is 4.74 Å². The lowest BCUT2D eigenvalue weighted by Gasteiger charge is -2.28. The second kappa shape index (κ2) is 5.30. The normalized spacial score (nSPS) is 19.4. The van der Waals surface area contributed by atoms with Crippen molar-refractivity contribution in [3.05, 3.63) is 23.9 Å². The number of aromatic nitrogens is 1. The van der Waals surface area contributed by atoms with E-state index in [4.69, 9.17) is 4.74 Å². The molecule has 0 bridgehead atoms. The maximum atomic E-state index is 5.33. The average Bonchev–Trinajstić information content (AvgIpc) is 2.39. The Bertz CT molecular complexity index is 334. The van der Waals surface area contributed by atoms with E-state index < -0.39 is 0 Å². The van der Waals surface area contributed by atoms with Crippen LogP contribution in [-0.2, 0) is 0 Å². The fourth-order valence-corrected chi connectivity index (χ4v) is 2.52. The highest BCUT2D eigenvalue weighted by atomic mass is 16.5. The molecule has 16 heavy (non-hydrogen) atoms. The number of methoxy groups -OCH3 is 1. The minimum Gasteiger partial charge on any atom is -0.481 e. The van der Waals surface area contributed by atoms with Gasteiger partial charge in [0.25, 0.3) is 0 Å². The second-order valence-electron chi connectivity index (χ2n) is 4.48. The van der Waals surface area contributed by atoms with Crippen molar-refractivity contribution in [2.45, 2.75) is 25.7 Å². The summed E-state index contributed by atoms with van der Waals surface area (Å²) in [7, 11) is 1.70. The van der Waals surface area contributed by atoms with E-state index in [0.29, 0.717) is 5.92 Å². The summed E-state index contributed by atoms with van der Waals surface area (Å²) in [4.78, 5) is 4.28. The molecule has 88 valence electrons. The fourth-order valence-electron chi connectivity index (χ4n) is 2.52. The first-order chi connectivity index (χ1) is 7.83. The van der Waals surface area contributed by atoms with E-state index in [1.165, 1.54) is 18.4 Å². The molecular weight excluding hydrogens is 200 g/mol. The van der Waals surface area contributed by atoms with Gasteiger partial charge >= 0.3 is 0 Å². The van der Waals surface area contributed by atoms with E-state index in [1.54, 1.807) is 13.3 Å². The van der Waals surface area contributed by atoms with Crippen LogP contribution in [0, 0.1) is 5.92 Å². The van der Waals surface area contributed by atoms with Crippen LogP contribution in [0.15, 0.2) is 18.3 Å². The van der Waals surface area contributed by atoms with Crippen LogP contribution in [0.25, 0.3) is 0 Å². The molecule has 0 saturated carbocycles. The summed E-state index contributed by atoms with van der Waals surface area (Å²) < 4.78 is 5.33. The highest BCUT2D eigenvalue weighted by Gasteiger charge is 2.23. The molecule has 1 fully saturated rings. The largest absolute Gasteiger partial charge is 0.481 e. The van der Waals surface area contributed by atoms with Crippen LogP contribution in [0.1, 0.15) is 31.2 Å². The maximum Gasteiger partial charge on any atom is 0.216 e. The smallest absolute Gasteiger partial charge is 0.216 e. The minimum atomic E-state index is 0.533. The zero-order valence-electron chi connectivity index (χ0n) is 10.1. The Morgan fingerprint density at radius 2 is 2.19 bits per heavy atom. The Labute approximate surface area is 97.2 Å². The van der Waals surface area contributed by atoms with Crippen molar-refractivity contribution in [1.29, 1.82) is 0 Å². The first-order valence-corrected chi connectivity index (χ1v) is 6.02. The summed E-state index contributed by atoms with van der Waals surface area (Å²) in [5, 5.41) is 3.40. The molecule has 1 aliphatic heterocycles. The number of ether oxygens (including phenoxy) is 1. The van der Waals surface area contributed by atoms with E-state index in [-0.39, 0.29) is 0 Å². The van der Waals surface area contributed by atoms with Crippen LogP contribution in [0.3, 0.4) is 0 Å². The summed E-state index contributed by atoms with van der Waals surface area (Å²) >= 11 is 0. The van der Waals surface area contributed by atoms with Crippen LogP contribution in [0.5, 0.6) is 5.88 Å². The summed E-state index contributed by atoms with van der Waals surface area (Å²) in [5.41, 5.74) is 1.25. The van der Waals surface area contributed by atoms with Crippen molar-refractivity contribution in [1.82, 2.24) is 10.3 Å². The number of nitrogens with one attached hydrogen (secondary N) is 1. The maximum absolute atomic E-state index is 5.33. The molecule has 0 amide bonds. The number of hydrogen-bond donors (Lipinski definition) is 1. The third-order valence-electron chi connectivity index (χ3n) is 3.58. The van der Waals surface area contributed by atoms with E-state index in [1.807, 2.05) is 6.07 Å². The van der Waals surface area contributed by atoms with E-state index in [9.17, 15) is 0 Å². The Kier molecular flexibility index (Phi) is 3.78. The number of pyridine rings is 1. The number of rotatable bonds is 3. The van der Waals surface area contributed by atoms with Gasteiger partial charge in [-0.25, -0.2) is 4.98 Å². The van der Waals surface area contributed by atoms with Crippen LogP contribution >= 0.6 is 0 Å². The molecule has 0 spiro atoms. The Balaban J connectivity index is 2.15. The monoisotopic (exact) mass is 220 g/mol. The van der Waals surface area contributed by atoms with Crippen molar-refractivity contribution in [3.8, 4) is 5.88 Å². The Hall–Kier alpha value is -1.09. The molecule has 1 unspecified atom stereocenters. The number of piperidine rings is 1. The van der Waals surface area contributed by atoms with Crippen molar-refractivity contribution >= 4 is 0 Å². The molecule has 1 aromatic rings. The molecule has 1 aliphatic rings. The summed E-state index contributed by atoms with van der Waals surface area (Å²) in [6, 6.07) is 4.13. The SMILES string of the molecule is COc1ncccc1C(C)C1CCNCC1. The zero-order chi connectivity index (χ0) is 11.4. The lowest BCUT2D eigenvalue weighted by molar-refractivity contribution is 0.318. The molecule has 3 nitrogen and oxygen atoms in total. The summed E-state index contributed by atoms with van der Waals surface area (Å²) in [5.74, 6) is 2.07. The van der Waals surface area contributed by atoms with Crippen LogP contribution < -0.4 is 10.1 Å². The molecule has 3 heteroatoms. The first-order valence-electron chi connectivity index (χ1n) is 6.02. The highest BCUT2D eigenvalue weighted by Crippen LogP contribution is 2.34.